The van der Waals surface area contributed by atoms with Crippen molar-refractivity contribution in [3.8, 4) is 11.3 Å². The average Bonchev–Trinajstić information content (AvgIpc) is 2.99. The van der Waals surface area contributed by atoms with Crippen molar-refractivity contribution < 1.29 is 9.13 Å². The van der Waals surface area contributed by atoms with Crippen molar-refractivity contribution in [1.82, 2.24) is 4.98 Å². The lowest BCUT2D eigenvalue weighted by Gasteiger charge is -2.24. The molecule has 0 radical (unpaired) electrons. The van der Waals surface area contributed by atoms with Crippen LogP contribution in [0.5, 0.6) is 0 Å². The van der Waals surface area contributed by atoms with E-state index in [1.807, 2.05) is 5.38 Å². The van der Waals surface area contributed by atoms with Crippen molar-refractivity contribution in [3.63, 3.8) is 0 Å². The molecule has 0 N–H and O–H groups in total. The Balaban J connectivity index is 1.93. The number of nitrogens with zero attached hydrogens (tertiary/aromatic N) is 2. The molecule has 20 heavy (non-hydrogen) atoms. The van der Waals surface area contributed by atoms with E-state index in [0.717, 1.165) is 16.3 Å². The number of aromatic nitrogens is 1. The number of thiazole rings is 1. The van der Waals surface area contributed by atoms with Gasteiger partial charge < -0.3 is 9.58 Å². The zero-order valence-electron chi connectivity index (χ0n) is 10.8. The summed E-state index contributed by atoms with van der Waals surface area (Å²) in [6.45, 7) is 8.72. The summed E-state index contributed by atoms with van der Waals surface area (Å²) in [5, 5.41) is 2.78. The minimum Gasteiger partial charge on any atom is -0.381 e. The van der Waals surface area contributed by atoms with Gasteiger partial charge in [-0.3, -0.25) is 0 Å². The summed E-state index contributed by atoms with van der Waals surface area (Å²) in [6.07, 6.45) is 1.37. The monoisotopic (exact) mass is 288 g/mol. The SMILES string of the molecule is [C-]#[N+]C1(c2nc(-c3ccc(F)cc3)cs2)CCOCC1. The van der Waals surface area contributed by atoms with E-state index in [1.54, 1.807) is 12.1 Å². The van der Waals surface area contributed by atoms with Crippen molar-refractivity contribution in [2.45, 2.75) is 18.4 Å². The Kier molecular flexibility index (Phi) is 3.51. The predicted molar refractivity (Wildman–Crippen MR) is 75.8 cm³/mol. The zero-order valence-corrected chi connectivity index (χ0v) is 11.6. The molecule has 1 aliphatic heterocycles. The molecule has 0 amide bonds. The largest absolute Gasteiger partial charge is 0.381 e. The van der Waals surface area contributed by atoms with Crippen LogP contribution in [0.15, 0.2) is 29.6 Å². The second-order valence-electron chi connectivity index (χ2n) is 4.80. The second-order valence-corrected chi connectivity index (χ2v) is 5.66. The van der Waals surface area contributed by atoms with Crippen molar-refractivity contribution in [1.29, 1.82) is 0 Å². The van der Waals surface area contributed by atoms with Gasteiger partial charge in [0.15, 0.2) is 5.01 Å². The summed E-state index contributed by atoms with van der Waals surface area (Å²) in [7, 11) is 0. The van der Waals surface area contributed by atoms with Gasteiger partial charge in [-0.05, 0) is 24.3 Å². The molecule has 2 heterocycles. The first kappa shape index (κ1) is 13.2. The zero-order chi connectivity index (χ0) is 14.0. The van der Waals surface area contributed by atoms with Crippen LogP contribution in [-0.2, 0) is 10.3 Å². The second kappa shape index (κ2) is 5.31. The van der Waals surface area contributed by atoms with E-state index >= 15 is 0 Å². The lowest BCUT2D eigenvalue weighted by Crippen LogP contribution is -2.30. The van der Waals surface area contributed by atoms with Gasteiger partial charge in [0.05, 0.1) is 31.7 Å². The molecule has 3 nitrogen and oxygen atoms in total. The van der Waals surface area contributed by atoms with Gasteiger partial charge in [-0.1, -0.05) is 0 Å². The Hall–Kier alpha value is -1.77. The fourth-order valence-electron chi connectivity index (χ4n) is 2.32. The molecule has 5 heteroatoms. The van der Waals surface area contributed by atoms with Crippen molar-refractivity contribution in [3.05, 3.63) is 51.9 Å². The van der Waals surface area contributed by atoms with Gasteiger partial charge in [0.2, 0.25) is 0 Å². The summed E-state index contributed by atoms with van der Waals surface area (Å²) in [4.78, 5) is 8.43. The van der Waals surface area contributed by atoms with E-state index in [0.29, 0.717) is 26.1 Å². The molecule has 0 saturated carbocycles. The van der Waals surface area contributed by atoms with Gasteiger partial charge in [0, 0.05) is 10.9 Å². The fraction of sp³-hybridized carbons (Fsp3) is 0.333. The van der Waals surface area contributed by atoms with Crippen molar-refractivity contribution in [2.75, 3.05) is 13.2 Å². The maximum absolute atomic E-state index is 12.9. The number of ether oxygens (including phenoxy) is 1. The van der Waals surface area contributed by atoms with Gasteiger partial charge in [-0.15, -0.1) is 11.3 Å². The van der Waals surface area contributed by atoms with Crippen LogP contribution in [0.1, 0.15) is 17.8 Å². The van der Waals surface area contributed by atoms with E-state index in [-0.39, 0.29) is 5.82 Å². The number of hydrogen-bond donors (Lipinski definition) is 0. The van der Waals surface area contributed by atoms with E-state index in [4.69, 9.17) is 11.3 Å². The Morgan fingerprint density at radius 3 is 2.60 bits per heavy atom. The Morgan fingerprint density at radius 2 is 1.95 bits per heavy atom. The quantitative estimate of drug-likeness (QED) is 0.784. The summed E-state index contributed by atoms with van der Waals surface area (Å²) in [6, 6.07) is 6.27. The third-order valence-electron chi connectivity index (χ3n) is 3.58. The van der Waals surface area contributed by atoms with Gasteiger partial charge in [-0.25, -0.2) is 15.9 Å². The normalized spacial score (nSPS) is 17.6. The summed E-state index contributed by atoms with van der Waals surface area (Å²) in [5.74, 6) is -0.258. The Labute approximate surface area is 120 Å². The summed E-state index contributed by atoms with van der Waals surface area (Å²) < 4.78 is 18.3. The highest BCUT2D eigenvalue weighted by molar-refractivity contribution is 7.10. The molecule has 0 atom stereocenters. The maximum Gasteiger partial charge on any atom is 0.287 e. The van der Waals surface area contributed by atoms with Crippen LogP contribution in [-0.4, -0.2) is 18.2 Å². The third kappa shape index (κ3) is 2.33. The number of halogens is 1. The molecule has 0 aliphatic carbocycles. The van der Waals surface area contributed by atoms with Crippen LogP contribution < -0.4 is 0 Å². The highest BCUT2D eigenvalue weighted by Gasteiger charge is 2.43. The smallest absolute Gasteiger partial charge is 0.287 e. The molecule has 1 aliphatic rings. The summed E-state index contributed by atoms with van der Waals surface area (Å²) >= 11 is 1.50. The Morgan fingerprint density at radius 1 is 1.25 bits per heavy atom. The molecule has 0 bridgehead atoms. The molecule has 1 saturated heterocycles. The van der Waals surface area contributed by atoms with Gasteiger partial charge in [-0.2, -0.15) is 0 Å². The fourth-order valence-corrected chi connectivity index (χ4v) is 3.36. The minimum absolute atomic E-state index is 0.258. The minimum atomic E-state index is -0.540. The van der Waals surface area contributed by atoms with E-state index in [1.165, 1.54) is 23.5 Å². The van der Waals surface area contributed by atoms with Crippen molar-refractivity contribution >= 4 is 11.3 Å². The molecule has 1 fully saturated rings. The number of rotatable bonds is 2. The number of benzene rings is 1. The molecule has 3 rings (SSSR count). The van der Waals surface area contributed by atoms with Gasteiger partial charge >= 0.3 is 0 Å². The topological polar surface area (TPSA) is 26.5 Å². The highest BCUT2D eigenvalue weighted by atomic mass is 32.1. The standard InChI is InChI=1S/C15H13FN2OS/c1-17-15(6-8-19-9-7-15)14-18-13(10-20-14)11-2-4-12(16)5-3-11/h2-5,10H,6-9H2. The van der Waals surface area contributed by atoms with Crippen LogP contribution in [0, 0.1) is 12.4 Å². The average molecular weight is 288 g/mol. The predicted octanol–water partition coefficient (Wildman–Crippen LogP) is 3.87. The van der Waals surface area contributed by atoms with Crippen LogP contribution in [0.4, 0.5) is 4.39 Å². The van der Waals surface area contributed by atoms with Gasteiger partial charge in [0.25, 0.3) is 5.54 Å². The molecule has 1 aromatic heterocycles. The third-order valence-corrected chi connectivity index (χ3v) is 4.61. The van der Waals surface area contributed by atoms with E-state index in [2.05, 4.69) is 9.83 Å². The first-order valence-electron chi connectivity index (χ1n) is 6.42. The lowest BCUT2D eigenvalue weighted by molar-refractivity contribution is 0.0646. The van der Waals surface area contributed by atoms with Crippen LogP contribution in [0.2, 0.25) is 0 Å². The maximum atomic E-state index is 12.9. The van der Waals surface area contributed by atoms with Crippen LogP contribution >= 0.6 is 11.3 Å². The van der Waals surface area contributed by atoms with Gasteiger partial charge in [0.1, 0.15) is 5.82 Å². The van der Waals surface area contributed by atoms with Crippen LogP contribution in [0.3, 0.4) is 0 Å². The molecular weight excluding hydrogens is 275 g/mol. The molecule has 0 spiro atoms. The van der Waals surface area contributed by atoms with E-state index in [9.17, 15) is 4.39 Å². The number of hydrogen-bond acceptors (Lipinski definition) is 3. The first-order chi connectivity index (χ1) is 9.73. The highest BCUT2D eigenvalue weighted by Crippen LogP contribution is 2.39. The first-order valence-corrected chi connectivity index (χ1v) is 7.30. The lowest BCUT2D eigenvalue weighted by atomic mass is 9.92. The Bertz CT molecular complexity index is 639. The van der Waals surface area contributed by atoms with Crippen LogP contribution in [0.25, 0.3) is 16.1 Å². The molecule has 102 valence electrons. The molecule has 0 unspecified atom stereocenters. The molecular formula is C15H13FN2OS. The van der Waals surface area contributed by atoms with Crippen molar-refractivity contribution in [2.24, 2.45) is 0 Å². The molecule has 1 aromatic carbocycles. The van der Waals surface area contributed by atoms with E-state index < -0.39 is 5.54 Å². The summed E-state index contributed by atoms with van der Waals surface area (Å²) in [5.41, 5.74) is 1.14. The molecule has 2 aromatic rings.